The number of rotatable bonds is 6. The van der Waals surface area contributed by atoms with Gasteiger partial charge in [-0.1, -0.05) is 6.42 Å². The minimum absolute atomic E-state index is 0.0929. The smallest absolute Gasteiger partial charge is 0.279 e. The lowest BCUT2D eigenvalue weighted by Gasteiger charge is -2.35. The van der Waals surface area contributed by atoms with Crippen LogP contribution in [0.4, 0.5) is 0 Å². The second-order valence-corrected chi connectivity index (χ2v) is 8.15. The van der Waals surface area contributed by atoms with Gasteiger partial charge in [-0.15, -0.1) is 0 Å². The molecule has 0 aliphatic carbocycles. The van der Waals surface area contributed by atoms with Crippen molar-refractivity contribution in [1.29, 1.82) is 0 Å². The van der Waals surface area contributed by atoms with E-state index in [0.29, 0.717) is 19.0 Å². The van der Waals surface area contributed by atoms with E-state index in [4.69, 9.17) is 0 Å². The molecular weight excluding hydrogens is 288 g/mol. The van der Waals surface area contributed by atoms with Crippen molar-refractivity contribution < 1.29 is 8.42 Å². The SMILES string of the molecule is CNCC1CCCCN1S(=O)(=O)NCC1CCCN(C)C1. The van der Waals surface area contributed by atoms with E-state index >= 15 is 0 Å². The van der Waals surface area contributed by atoms with Gasteiger partial charge in [0.05, 0.1) is 0 Å². The molecular formula is C14H30N4O2S. The van der Waals surface area contributed by atoms with Crippen molar-refractivity contribution in [3.8, 4) is 0 Å². The monoisotopic (exact) mass is 318 g/mol. The fourth-order valence-corrected chi connectivity index (χ4v) is 5.03. The van der Waals surface area contributed by atoms with Crippen LogP contribution in [-0.4, -0.2) is 70.5 Å². The molecule has 6 nitrogen and oxygen atoms in total. The molecule has 2 atom stereocenters. The third kappa shape index (κ3) is 4.89. The van der Waals surface area contributed by atoms with Gasteiger partial charge < -0.3 is 10.2 Å². The van der Waals surface area contributed by atoms with Crippen LogP contribution < -0.4 is 10.0 Å². The lowest BCUT2D eigenvalue weighted by atomic mass is 9.99. The zero-order valence-electron chi connectivity index (χ0n) is 13.3. The van der Waals surface area contributed by atoms with Gasteiger partial charge in [0.15, 0.2) is 0 Å². The van der Waals surface area contributed by atoms with E-state index in [-0.39, 0.29) is 6.04 Å². The number of hydrogen-bond donors (Lipinski definition) is 2. The molecule has 2 aliphatic rings. The molecule has 124 valence electrons. The summed E-state index contributed by atoms with van der Waals surface area (Å²) in [7, 11) is 0.638. The zero-order valence-corrected chi connectivity index (χ0v) is 14.2. The Morgan fingerprint density at radius 3 is 2.62 bits per heavy atom. The quantitative estimate of drug-likeness (QED) is 0.736. The molecule has 2 saturated heterocycles. The lowest BCUT2D eigenvalue weighted by molar-refractivity contribution is 0.208. The van der Waals surface area contributed by atoms with Crippen molar-refractivity contribution in [3.05, 3.63) is 0 Å². The summed E-state index contributed by atoms with van der Waals surface area (Å²) in [5, 5.41) is 3.11. The van der Waals surface area contributed by atoms with E-state index in [1.54, 1.807) is 4.31 Å². The van der Waals surface area contributed by atoms with Gasteiger partial charge in [-0.05, 0) is 52.2 Å². The van der Waals surface area contributed by atoms with Crippen LogP contribution in [0.3, 0.4) is 0 Å². The van der Waals surface area contributed by atoms with Gasteiger partial charge >= 0.3 is 0 Å². The first-order valence-corrected chi connectivity index (χ1v) is 9.56. The summed E-state index contributed by atoms with van der Waals surface area (Å²) >= 11 is 0. The van der Waals surface area contributed by atoms with E-state index in [1.807, 2.05) is 7.05 Å². The molecule has 2 aliphatic heterocycles. The minimum Gasteiger partial charge on any atom is -0.318 e. The average molecular weight is 318 g/mol. The fraction of sp³-hybridized carbons (Fsp3) is 1.00. The summed E-state index contributed by atoms with van der Waals surface area (Å²) in [6.45, 7) is 4.05. The molecule has 2 N–H and O–H groups in total. The van der Waals surface area contributed by atoms with Crippen molar-refractivity contribution in [2.45, 2.75) is 38.1 Å². The highest BCUT2D eigenvalue weighted by atomic mass is 32.2. The number of likely N-dealkylation sites (tertiary alicyclic amines) is 1. The van der Waals surface area contributed by atoms with Gasteiger partial charge in [-0.3, -0.25) is 0 Å². The standard InChI is InChI=1S/C14H30N4O2S/c1-15-11-14-7-3-4-9-18(14)21(19,20)16-10-13-6-5-8-17(2)12-13/h13-16H,3-12H2,1-2H3. The van der Waals surface area contributed by atoms with Gasteiger partial charge in [-0.2, -0.15) is 12.7 Å². The molecule has 0 radical (unpaired) electrons. The first-order valence-electron chi connectivity index (χ1n) is 8.12. The van der Waals surface area contributed by atoms with Gasteiger partial charge in [0.1, 0.15) is 0 Å². The topological polar surface area (TPSA) is 64.7 Å². The zero-order chi connectivity index (χ0) is 15.3. The fourth-order valence-electron chi connectivity index (χ4n) is 3.48. The Morgan fingerprint density at radius 1 is 1.10 bits per heavy atom. The molecule has 0 spiro atoms. The Bertz CT molecular complexity index is 413. The van der Waals surface area contributed by atoms with Crippen LogP contribution >= 0.6 is 0 Å². The molecule has 0 aromatic heterocycles. The predicted molar refractivity (Wildman–Crippen MR) is 85.4 cm³/mol. The maximum atomic E-state index is 12.6. The molecule has 21 heavy (non-hydrogen) atoms. The Labute approximate surface area is 129 Å². The van der Waals surface area contributed by atoms with Crippen LogP contribution in [0, 0.1) is 5.92 Å². The van der Waals surface area contributed by atoms with E-state index in [2.05, 4.69) is 22.0 Å². The highest BCUT2D eigenvalue weighted by Gasteiger charge is 2.32. The molecule has 0 bridgehead atoms. The number of nitrogens with one attached hydrogen (secondary N) is 2. The van der Waals surface area contributed by atoms with Crippen molar-refractivity contribution >= 4 is 10.2 Å². The van der Waals surface area contributed by atoms with Crippen molar-refractivity contribution in [2.75, 3.05) is 46.8 Å². The number of hydrogen-bond acceptors (Lipinski definition) is 4. The summed E-state index contributed by atoms with van der Waals surface area (Å²) < 4.78 is 29.7. The minimum atomic E-state index is -3.35. The molecule has 2 fully saturated rings. The summed E-state index contributed by atoms with van der Waals surface area (Å²) in [4.78, 5) is 2.28. The first kappa shape index (κ1) is 17.1. The number of piperidine rings is 2. The predicted octanol–water partition coefficient (Wildman–Crippen LogP) is 0.237. The van der Waals surface area contributed by atoms with Crippen LogP contribution in [0.15, 0.2) is 0 Å². The lowest BCUT2D eigenvalue weighted by Crippen LogP contribution is -2.53. The maximum absolute atomic E-state index is 12.6. The molecule has 7 heteroatoms. The van der Waals surface area contributed by atoms with Crippen molar-refractivity contribution in [1.82, 2.24) is 19.2 Å². The van der Waals surface area contributed by atoms with Crippen LogP contribution in [0.5, 0.6) is 0 Å². The second kappa shape index (κ2) is 7.87. The maximum Gasteiger partial charge on any atom is 0.279 e. The molecule has 0 aromatic carbocycles. The van der Waals surface area contributed by atoms with Crippen LogP contribution in [0.1, 0.15) is 32.1 Å². The van der Waals surface area contributed by atoms with Crippen molar-refractivity contribution in [3.63, 3.8) is 0 Å². The van der Waals surface area contributed by atoms with Gasteiger partial charge in [0, 0.05) is 32.2 Å². The van der Waals surface area contributed by atoms with E-state index < -0.39 is 10.2 Å². The third-order valence-electron chi connectivity index (χ3n) is 4.60. The Morgan fingerprint density at radius 2 is 1.90 bits per heavy atom. The van der Waals surface area contributed by atoms with Crippen LogP contribution in [0.25, 0.3) is 0 Å². The molecule has 0 saturated carbocycles. The molecule has 2 unspecified atom stereocenters. The van der Waals surface area contributed by atoms with E-state index in [9.17, 15) is 8.42 Å². The summed E-state index contributed by atoms with van der Waals surface area (Å²) in [5.41, 5.74) is 0. The second-order valence-electron chi connectivity index (χ2n) is 6.44. The summed E-state index contributed by atoms with van der Waals surface area (Å²) in [5.74, 6) is 0.436. The number of nitrogens with zero attached hydrogens (tertiary/aromatic N) is 2. The van der Waals surface area contributed by atoms with E-state index in [0.717, 1.165) is 51.7 Å². The summed E-state index contributed by atoms with van der Waals surface area (Å²) in [6, 6.07) is 0.0929. The van der Waals surface area contributed by atoms with E-state index in [1.165, 1.54) is 0 Å². The Kier molecular flexibility index (Phi) is 6.43. The van der Waals surface area contributed by atoms with Gasteiger partial charge in [-0.25, -0.2) is 4.72 Å². The molecule has 0 aromatic rings. The number of likely N-dealkylation sites (N-methyl/N-ethyl adjacent to an activating group) is 1. The largest absolute Gasteiger partial charge is 0.318 e. The van der Waals surface area contributed by atoms with Crippen molar-refractivity contribution in [2.24, 2.45) is 5.92 Å². The Balaban J connectivity index is 1.90. The van der Waals surface area contributed by atoms with Gasteiger partial charge in [0.2, 0.25) is 0 Å². The normalized spacial score (nSPS) is 29.6. The highest BCUT2D eigenvalue weighted by Crippen LogP contribution is 2.20. The highest BCUT2D eigenvalue weighted by molar-refractivity contribution is 7.87. The van der Waals surface area contributed by atoms with Gasteiger partial charge in [0.25, 0.3) is 10.2 Å². The first-order chi connectivity index (χ1) is 10.0. The molecule has 2 rings (SSSR count). The Hall–Kier alpha value is -0.210. The van der Waals surface area contributed by atoms with Crippen LogP contribution in [0.2, 0.25) is 0 Å². The molecule has 2 heterocycles. The molecule has 0 amide bonds. The summed E-state index contributed by atoms with van der Waals surface area (Å²) in [6.07, 6.45) is 5.31. The van der Waals surface area contributed by atoms with Crippen LogP contribution in [-0.2, 0) is 10.2 Å². The average Bonchev–Trinajstić information content (AvgIpc) is 2.46. The third-order valence-corrected chi connectivity index (χ3v) is 6.23.